The van der Waals surface area contributed by atoms with Gasteiger partial charge >= 0.3 is 0 Å². The van der Waals surface area contributed by atoms with Gasteiger partial charge in [-0.2, -0.15) is 0 Å². The number of thiazole rings is 1. The first-order valence-corrected chi connectivity index (χ1v) is 6.37. The summed E-state index contributed by atoms with van der Waals surface area (Å²) >= 11 is 1.70. The molecule has 0 fully saturated rings. The highest BCUT2D eigenvalue weighted by atomic mass is 32.1. The lowest BCUT2D eigenvalue weighted by atomic mass is 10.2. The van der Waals surface area contributed by atoms with Crippen molar-refractivity contribution in [1.29, 1.82) is 0 Å². The number of aromatic nitrogens is 1. The minimum Gasteiger partial charge on any atom is -0.355 e. The second kappa shape index (κ2) is 6.60. The largest absolute Gasteiger partial charge is 0.355 e. The molecule has 0 bridgehead atoms. The summed E-state index contributed by atoms with van der Waals surface area (Å²) in [6.45, 7) is 7.92. The molecule has 0 atom stereocenters. The van der Waals surface area contributed by atoms with Gasteiger partial charge in [-0.05, 0) is 6.92 Å². The van der Waals surface area contributed by atoms with Gasteiger partial charge in [-0.3, -0.25) is 4.79 Å². The average molecular weight is 241 g/mol. The lowest BCUT2D eigenvalue weighted by molar-refractivity contribution is -0.120. The Morgan fingerprint density at radius 2 is 2.31 bits per heavy atom. The van der Waals surface area contributed by atoms with Crippen LogP contribution in [0.25, 0.3) is 0 Å². The molecule has 1 aromatic rings. The van der Waals surface area contributed by atoms with Crippen LogP contribution in [0.1, 0.15) is 36.6 Å². The third kappa shape index (κ3) is 4.28. The van der Waals surface area contributed by atoms with E-state index in [0.29, 0.717) is 25.6 Å². The molecule has 16 heavy (non-hydrogen) atoms. The maximum absolute atomic E-state index is 11.2. The molecule has 0 aliphatic rings. The van der Waals surface area contributed by atoms with Crippen molar-refractivity contribution in [3.05, 3.63) is 16.1 Å². The van der Waals surface area contributed by atoms with Gasteiger partial charge in [0.2, 0.25) is 5.91 Å². The Hall–Kier alpha value is -0.940. The van der Waals surface area contributed by atoms with Crippen LogP contribution in [0.2, 0.25) is 0 Å². The van der Waals surface area contributed by atoms with Crippen molar-refractivity contribution in [3.63, 3.8) is 0 Å². The maximum atomic E-state index is 11.2. The van der Waals surface area contributed by atoms with E-state index in [1.807, 2.05) is 13.1 Å². The topological polar surface area (TPSA) is 54.0 Å². The highest BCUT2D eigenvalue weighted by Gasteiger charge is 2.05. The molecule has 1 amide bonds. The summed E-state index contributed by atoms with van der Waals surface area (Å²) in [6.07, 6.45) is 1.88. The van der Waals surface area contributed by atoms with Crippen LogP contribution in [-0.4, -0.2) is 24.0 Å². The van der Waals surface area contributed by atoms with Crippen molar-refractivity contribution in [2.24, 2.45) is 0 Å². The van der Waals surface area contributed by atoms with Gasteiger partial charge in [0.25, 0.3) is 0 Å². The minimum atomic E-state index is 0.0381. The van der Waals surface area contributed by atoms with Crippen molar-refractivity contribution in [2.75, 3.05) is 13.1 Å². The second-order valence-electron chi connectivity index (χ2n) is 3.88. The summed E-state index contributed by atoms with van der Waals surface area (Å²) in [6, 6.07) is 0. The van der Waals surface area contributed by atoms with Crippen molar-refractivity contribution in [3.8, 4) is 0 Å². The Kier molecular flexibility index (Phi) is 5.42. The monoisotopic (exact) mass is 241 g/mol. The van der Waals surface area contributed by atoms with E-state index in [1.54, 1.807) is 11.3 Å². The number of hydrogen-bond acceptors (Lipinski definition) is 4. The zero-order chi connectivity index (χ0) is 12.0. The Balaban J connectivity index is 2.29. The van der Waals surface area contributed by atoms with Gasteiger partial charge in [-0.1, -0.05) is 13.8 Å². The van der Waals surface area contributed by atoms with Crippen LogP contribution in [0, 0.1) is 0 Å². The molecule has 4 nitrogen and oxygen atoms in total. The first kappa shape index (κ1) is 13.1. The normalized spacial score (nSPS) is 10.8. The molecule has 90 valence electrons. The summed E-state index contributed by atoms with van der Waals surface area (Å²) in [5, 5.41) is 6.99. The van der Waals surface area contributed by atoms with E-state index in [-0.39, 0.29) is 5.91 Å². The number of carbonyl (C=O) groups is 1. The zero-order valence-electron chi connectivity index (χ0n) is 10.0. The van der Waals surface area contributed by atoms with Gasteiger partial charge in [0.15, 0.2) is 0 Å². The number of nitrogens with one attached hydrogen (secondary N) is 2. The van der Waals surface area contributed by atoms with Gasteiger partial charge < -0.3 is 10.6 Å². The van der Waals surface area contributed by atoms with E-state index in [2.05, 4.69) is 29.5 Å². The summed E-state index contributed by atoms with van der Waals surface area (Å²) in [4.78, 5) is 16.7. The number of rotatable bonds is 6. The summed E-state index contributed by atoms with van der Waals surface area (Å²) in [7, 11) is 0. The van der Waals surface area contributed by atoms with Crippen molar-refractivity contribution >= 4 is 17.2 Å². The third-order valence-corrected chi connectivity index (χ3v) is 3.32. The summed E-state index contributed by atoms with van der Waals surface area (Å²) in [5.74, 6) is 0.512. The van der Waals surface area contributed by atoms with E-state index in [1.165, 1.54) is 4.88 Å². The molecule has 0 saturated heterocycles. The molecule has 0 spiro atoms. The van der Waals surface area contributed by atoms with Crippen LogP contribution < -0.4 is 10.6 Å². The molecule has 1 rings (SSSR count). The fourth-order valence-corrected chi connectivity index (χ4v) is 2.12. The van der Waals surface area contributed by atoms with Gasteiger partial charge in [-0.15, -0.1) is 11.3 Å². The van der Waals surface area contributed by atoms with Crippen LogP contribution in [-0.2, 0) is 11.3 Å². The van der Waals surface area contributed by atoms with Gasteiger partial charge in [0.1, 0.15) is 0 Å². The minimum absolute atomic E-state index is 0.0381. The molecule has 0 saturated carbocycles. The van der Waals surface area contributed by atoms with E-state index in [4.69, 9.17) is 0 Å². The highest BCUT2D eigenvalue weighted by molar-refractivity contribution is 7.11. The van der Waals surface area contributed by atoms with Crippen LogP contribution in [0.15, 0.2) is 6.20 Å². The number of amides is 1. The van der Waals surface area contributed by atoms with Crippen molar-refractivity contribution < 1.29 is 4.79 Å². The van der Waals surface area contributed by atoms with Gasteiger partial charge in [0.05, 0.1) is 11.6 Å². The van der Waals surface area contributed by atoms with Gasteiger partial charge in [0, 0.05) is 30.1 Å². The molecule has 2 N–H and O–H groups in total. The first-order chi connectivity index (χ1) is 7.63. The van der Waals surface area contributed by atoms with Crippen LogP contribution in [0.4, 0.5) is 0 Å². The standard InChI is InChI=1S/C11H19N3OS/c1-4-13-10(15)7-12-5-9-6-14-11(16-9)8(2)3/h6,8,12H,4-5,7H2,1-3H3,(H,13,15). The molecule has 5 heteroatoms. The quantitative estimate of drug-likeness (QED) is 0.793. The molecule has 0 aliphatic carbocycles. The smallest absolute Gasteiger partial charge is 0.233 e. The first-order valence-electron chi connectivity index (χ1n) is 5.55. The molecule has 0 radical (unpaired) electrons. The van der Waals surface area contributed by atoms with E-state index >= 15 is 0 Å². The van der Waals surface area contributed by atoms with E-state index in [9.17, 15) is 4.79 Å². The molecule has 0 aliphatic heterocycles. The summed E-state index contributed by atoms with van der Waals surface area (Å²) < 4.78 is 0. The van der Waals surface area contributed by atoms with Crippen molar-refractivity contribution in [1.82, 2.24) is 15.6 Å². The molecule has 1 aromatic heterocycles. The predicted molar refractivity (Wildman–Crippen MR) is 66.6 cm³/mol. The van der Waals surface area contributed by atoms with Crippen LogP contribution in [0.5, 0.6) is 0 Å². The van der Waals surface area contributed by atoms with Crippen LogP contribution >= 0.6 is 11.3 Å². The average Bonchev–Trinajstić information content (AvgIpc) is 2.67. The van der Waals surface area contributed by atoms with Crippen molar-refractivity contribution in [2.45, 2.75) is 33.2 Å². The number of likely N-dealkylation sites (N-methyl/N-ethyl adjacent to an activating group) is 1. The van der Waals surface area contributed by atoms with Crippen LogP contribution in [0.3, 0.4) is 0 Å². The molecular formula is C11H19N3OS. The Morgan fingerprint density at radius 3 is 2.88 bits per heavy atom. The predicted octanol–water partition coefficient (Wildman–Crippen LogP) is 1.49. The number of hydrogen-bond donors (Lipinski definition) is 2. The summed E-state index contributed by atoms with van der Waals surface area (Å²) in [5.41, 5.74) is 0. The number of nitrogens with zero attached hydrogens (tertiary/aromatic N) is 1. The highest BCUT2D eigenvalue weighted by Crippen LogP contribution is 2.20. The maximum Gasteiger partial charge on any atom is 0.233 e. The molecule has 1 heterocycles. The van der Waals surface area contributed by atoms with Gasteiger partial charge in [-0.25, -0.2) is 4.98 Å². The lowest BCUT2D eigenvalue weighted by Gasteiger charge is -2.02. The zero-order valence-corrected chi connectivity index (χ0v) is 10.9. The second-order valence-corrected chi connectivity index (χ2v) is 5.02. The lowest BCUT2D eigenvalue weighted by Crippen LogP contribution is -2.33. The Bertz CT molecular complexity index is 336. The molecular weight excluding hydrogens is 222 g/mol. The molecule has 0 aromatic carbocycles. The fraction of sp³-hybridized carbons (Fsp3) is 0.636. The fourth-order valence-electron chi connectivity index (χ4n) is 1.23. The van der Waals surface area contributed by atoms with E-state index in [0.717, 1.165) is 5.01 Å². The Labute approximate surface area is 100 Å². The SMILES string of the molecule is CCNC(=O)CNCc1cnc(C(C)C)s1. The number of carbonyl (C=O) groups excluding carboxylic acids is 1. The third-order valence-electron chi connectivity index (χ3n) is 2.02. The molecule has 0 unspecified atom stereocenters. The Morgan fingerprint density at radius 1 is 1.56 bits per heavy atom. The van der Waals surface area contributed by atoms with E-state index < -0.39 is 0 Å².